The Balaban J connectivity index is 1.73. The van der Waals surface area contributed by atoms with Gasteiger partial charge < -0.3 is 9.64 Å². The molecule has 9 heteroatoms. The van der Waals surface area contributed by atoms with Crippen molar-refractivity contribution in [1.82, 2.24) is 9.80 Å². The lowest BCUT2D eigenvalue weighted by Gasteiger charge is -2.40. The maximum Gasteiger partial charge on any atom is 0.415 e. The molecule has 0 radical (unpaired) electrons. The summed E-state index contributed by atoms with van der Waals surface area (Å²) in [5, 5.41) is 0.120. The summed E-state index contributed by atoms with van der Waals surface area (Å²) in [6, 6.07) is 2.66. The number of hydrogen-bond acceptors (Lipinski definition) is 3. The second-order valence-electron chi connectivity index (χ2n) is 6.23. The van der Waals surface area contributed by atoms with Crippen molar-refractivity contribution in [1.29, 1.82) is 0 Å². The van der Waals surface area contributed by atoms with Gasteiger partial charge in [0.15, 0.2) is 11.6 Å². The first kappa shape index (κ1) is 17.8. The standard InChI is InChI=1S/C16H16ClF3N2O3/c17-10-3-4-13(12(18)6-10)25-15(24)21-8-11(7-16(19,20)9-21)22-5-1-2-14(22)23/h3-4,6,11H,1-2,5,7-9H2/t11-/m1/s1. The monoisotopic (exact) mass is 376 g/mol. The first-order chi connectivity index (χ1) is 11.7. The molecule has 136 valence electrons. The number of halogens is 4. The zero-order valence-corrected chi connectivity index (χ0v) is 13.9. The van der Waals surface area contributed by atoms with Crippen molar-refractivity contribution in [3.05, 3.63) is 29.0 Å². The number of nitrogens with zero attached hydrogens (tertiary/aromatic N) is 2. The lowest BCUT2D eigenvalue weighted by Crippen LogP contribution is -2.57. The number of ether oxygens (including phenoxy) is 1. The number of carbonyl (C=O) groups is 2. The first-order valence-corrected chi connectivity index (χ1v) is 8.22. The molecule has 2 aliphatic rings. The van der Waals surface area contributed by atoms with Crippen molar-refractivity contribution in [3.8, 4) is 5.75 Å². The molecule has 2 saturated heterocycles. The summed E-state index contributed by atoms with van der Waals surface area (Å²) in [6.07, 6.45) is -0.654. The minimum Gasteiger partial charge on any atom is -0.407 e. The summed E-state index contributed by atoms with van der Waals surface area (Å²) in [7, 11) is 0. The quantitative estimate of drug-likeness (QED) is 0.795. The lowest BCUT2D eigenvalue weighted by atomic mass is 10.0. The molecule has 0 N–H and O–H groups in total. The van der Waals surface area contributed by atoms with Crippen LogP contribution in [0.4, 0.5) is 18.0 Å². The number of amides is 2. The van der Waals surface area contributed by atoms with Crippen molar-refractivity contribution in [3.63, 3.8) is 0 Å². The molecule has 0 saturated carbocycles. The number of alkyl halides is 2. The average Bonchev–Trinajstić information content (AvgIpc) is 2.94. The van der Waals surface area contributed by atoms with E-state index in [2.05, 4.69) is 0 Å². The third kappa shape index (κ3) is 4.00. The van der Waals surface area contributed by atoms with E-state index >= 15 is 0 Å². The Kier molecular flexibility index (Phi) is 4.81. The van der Waals surface area contributed by atoms with Crippen LogP contribution in [0.1, 0.15) is 19.3 Å². The van der Waals surface area contributed by atoms with Crippen molar-refractivity contribution in [2.24, 2.45) is 0 Å². The predicted molar refractivity (Wildman–Crippen MR) is 83.3 cm³/mol. The molecular weight excluding hydrogens is 361 g/mol. The third-order valence-corrected chi connectivity index (χ3v) is 4.52. The van der Waals surface area contributed by atoms with Gasteiger partial charge in [-0.1, -0.05) is 11.6 Å². The van der Waals surface area contributed by atoms with Crippen molar-refractivity contribution >= 4 is 23.6 Å². The summed E-state index contributed by atoms with van der Waals surface area (Å²) in [4.78, 5) is 26.2. The normalized spacial score (nSPS) is 23.0. The highest BCUT2D eigenvalue weighted by Crippen LogP contribution is 2.32. The zero-order valence-electron chi connectivity index (χ0n) is 13.2. The lowest BCUT2D eigenvalue weighted by molar-refractivity contribution is -0.135. The summed E-state index contributed by atoms with van der Waals surface area (Å²) in [6.45, 7) is -0.511. The van der Waals surface area contributed by atoms with Crippen LogP contribution in [0.2, 0.25) is 5.02 Å². The minimum absolute atomic E-state index is 0.0740. The van der Waals surface area contributed by atoms with Crippen LogP contribution in [-0.4, -0.2) is 53.4 Å². The van der Waals surface area contributed by atoms with E-state index in [-0.39, 0.29) is 17.5 Å². The zero-order chi connectivity index (χ0) is 18.2. The predicted octanol–water partition coefficient (Wildman–Crippen LogP) is 3.31. The largest absolute Gasteiger partial charge is 0.415 e. The van der Waals surface area contributed by atoms with Gasteiger partial charge in [-0.2, -0.15) is 0 Å². The van der Waals surface area contributed by atoms with E-state index in [0.29, 0.717) is 19.4 Å². The Morgan fingerprint density at radius 3 is 2.76 bits per heavy atom. The SMILES string of the molecule is O=C(Oc1ccc(Cl)cc1F)N1C[C@H](N2CCCC2=O)CC(F)(F)C1. The molecule has 2 aliphatic heterocycles. The van der Waals surface area contributed by atoms with Crippen LogP contribution >= 0.6 is 11.6 Å². The van der Waals surface area contributed by atoms with Crippen LogP contribution in [0.5, 0.6) is 5.75 Å². The molecule has 1 aromatic rings. The molecule has 0 aromatic heterocycles. The van der Waals surface area contributed by atoms with Gasteiger partial charge in [0, 0.05) is 31.0 Å². The Hall–Kier alpha value is -1.96. The smallest absolute Gasteiger partial charge is 0.407 e. The van der Waals surface area contributed by atoms with E-state index in [9.17, 15) is 22.8 Å². The van der Waals surface area contributed by atoms with Gasteiger partial charge in [-0.05, 0) is 24.6 Å². The number of benzene rings is 1. The molecular formula is C16H16ClF3N2O3. The Bertz CT molecular complexity index is 701. The van der Waals surface area contributed by atoms with Gasteiger partial charge >= 0.3 is 6.09 Å². The van der Waals surface area contributed by atoms with Gasteiger partial charge in [-0.3, -0.25) is 9.69 Å². The maximum atomic E-state index is 14.0. The van der Waals surface area contributed by atoms with Crippen LogP contribution < -0.4 is 4.74 Å². The van der Waals surface area contributed by atoms with Crippen LogP contribution in [0.3, 0.4) is 0 Å². The Labute approximate surface area is 147 Å². The van der Waals surface area contributed by atoms with Gasteiger partial charge in [-0.25, -0.2) is 18.0 Å². The second kappa shape index (κ2) is 6.74. The third-order valence-electron chi connectivity index (χ3n) is 4.29. The molecule has 2 fully saturated rings. The molecule has 1 aromatic carbocycles. The molecule has 1 atom stereocenters. The molecule has 3 rings (SSSR count). The van der Waals surface area contributed by atoms with Crippen molar-refractivity contribution in [2.75, 3.05) is 19.6 Å². The van der Waals surface area contributed by atoms with Crippen molar-refractivity contribution in [2.45, 2.75) is 31.2 Å². The van der Waals surface area contributed by atoms with Crippen molar-refractivity contribution < 1.29 is 27.5 Å². The number of piperidine rings is 1. The van der Waals surface area contributed by atoms with Crippen LogP contribution in [-0.2, 0) is 4.79 Å². The van der Waals surface area contributed by atoms with E-state index in [1.807, 2.05) is 0 Å². The molecule has 0 spiro atoms. The molecule has 0 bridgehead atoms. The summed E-state index contributed by atoms with van der Waals surface area (Å²) in [5.41, 5.74) is 0. The van der Waals surface area contributed by atoms with Crippen LogP contribution in [0, 0.1) is 5.82 Å². The fourth-order valence-corrected chi connectivity index (χ4v) is 3.35. The number of rotatable bonds is 2. The van der Waals surface area contributed by atoms with Crippen LogP contribution in [0.15, 0.2) is 18.2 Å². The molecule has 5 nitrogen and oxygen atoms in total. The minimum atomic E-state index is -3.15. The number of likely N-dealkylation sites (tertiary alicyclic amines) is 2. The molecule has 0 aliphatic carbocycles. The second-order valence-corrected chi connectivity index (χ2v) is 6.66. The van der Waals surface area contributed by atoms with Gasteiger partial charge in [0.25, 0.3) is 5.92 Å². The fraction of sp³-hybridized carbons (Fsp3) is 0.500. The highest BCUT2D eigenvalue weighted by atomic mass is 35.5. The van der Waals surface area contributed by atoms with E-state index in [1.54, 1.807) is 0 Å². The van der Waals surface area contributed by atoms with E-state index < -0.39 is 42.6 Å². The van der Waals surface area contributed by atoms with Gasteiger partial charge in [0.1, 0.15) is 0 Å². The Morgan fingerprint density at radius 1 is 1.36 bits per heavy atom. The first-order valence-electron chi connectivity index (χ1n) is 7.84. The van der Waals surface area contributed by atoms with Crippen LogP contribution in [0.25, 0.3) is 0 Å². The molecule has 2 heterocycles. The van der Waals surface area contributed by atoms with Gasteiger partial charge in [-0.15, -0.1) is 0 Å². The maximum absolute atomic E-state index is 14.0. The summed E-state index contributed by atoms with van der Waals surface area (Å²) >= 11 is 5.62. The Morgan fingerprint density at radius 2 is 2.12 bits per heavy atom. The molecule has 25 heavy (non-hydrogen) atoms. The van der Waals surface area contributed by atoms with E-state index in [4.69, 9.17) is 16.3 Å². The average molecular weight is 377 g/mol. The topological polar surface area (TPSA) is 49.9 Å². The van der Waals surface area contributed by atoms with E-state index in [1.165, 1.54) is 11.0 Å². The van der Waals surface area contributed by atoms with Gasteiger partial charge in [0.2, 0.25) is 5.91 Å². The molecule has 2 amide bonds. The summed E-state index contributed by atoms with van der Waals surface area (Å²) in [5.74, 6) is -4.60. The summed E-state index contributed by atoms with van der Waals surface area (Å²) < 4.78 is 46.7. The number of hydrogen-bond donors (Lipinski definition) is 0. The fourth-order valence-electron chi connectivity index (χ4n) is 3.19. The highest BCUT2D eigenvalue weighted by Gasteiger charge is 2.46. The van der Waals surface area contributed by atoms with E-state index in [0.717, 1.165) is 17.0 Å². The number of carbonyl (C=O) groups excluding carboxylic acids is 2. The van der Waals surface area contributed by atoms with Gasteiger partial charge in [0.05, 0.1) is 12.6 Å². The highest BCUT2D eigenvalue weighted by molar-refractivity contribution is 6.30. The molecule has 0 unspecified atom stereocenters.